The third-order valence-corrected chi connectivity index (χ3v) is 11.4. The zero-order valence-corrected chi connectivity index (χ0v) is 26.3. The van der Waals surface area contributed by atoms with Gasteiger partial charge in [-0.2, -0.15) is 0 Å². The number of aliphatic hydroxyl groups is 1. The molecule has 8 heteroatoms. The van der Waals surface area contributed by atoms with Crippen molar-refractivity contribution in [2.75, 3.05) is 32.8 Å². The first-order valence-electron chi connectivity index (χ1n) is 15.2. The Morgan fingerprint density at radius 2 is 1.63 bits per heavy atom. The number of likely N-dealkylation sites (tertiary alicyclic amines) is 1. The molecule has 7 nitrogen and oxygen atoms in total. The smallest absolute Gasteiger partial charge is 0.0553 e. The number of rotatable bonds is 10. The summed E-state index contributed by atoms with van der Waals surface area (Å²) in [6.45, 7) is 14.8. The van der Waals surface area contributed by atoms with Gasteiger partial charge in [0.15, 0.2) is 0 Å². The number of hydrogen-bond donors (Lipinski definition) is 2. The fraction of sp³-hybridized carbons (Fsp3) is 0.879. The highest BCUT2D eigenvalue weighted by molar-refractivity contribution is 6.22. The van der Waals surface area contributed by atoms with Gasteiger partial charge in [-0.05, 0) is 123 Å². The summed E-state index contributed by atoms with van der Waals surface area (Å²) < 4.78 is 0. The first kappa shape index (κ1) is 40.5. The van der Waals surface area contributed by atoms with E-state index in [4.69, 9.17) is 11.6 Å². The Kier molecular flexibility index (Phi) is 15.8. The van der Waals surface area contributed by atoms with Gasteiger partial charge < -0.3 is 37.2 Å². The van der Waals surface area contributed by atoms with Crippen molar-refractivity contribution in [2.45, 2.75) is 111 Å². The second-order valence-corrected chi connectivity index (χ2v) is 15.4. The number of nitrogens with zero attached hydrogens (tertiary/aromatic N) is 1. The van der Waals surface area contributed by atoms with Crippen LogP contribution in [-0.2, 0) is 0 Å². The van der Waals surface area contributed by atoms with Gasteiger partial charge in [0, 0.05) is 25.7 Å². The van der Waals surface area contributed by atoms with Crippen LogP contribution in [0.1, 0.15) is 99.3 Å². The average Bonchev–Trinajstić information content (AvgIpc) is 2.77. The molecule has 6 rings (SSSR count). The normalized spacial score (nSPS) is 35.6. The Hall–Kier alpha value is -0.510. The van der Waals surface area contributed by atoms with Gasteiger partial charge in [0.05, 0.1) is 5.38 Å². The lowest BCUT2D eigenvalue weighted by atomic mass is 9.43. The number of nitrogens with one attached hydrogen (secondary N) is 1. The van der Waals surface area contributed by atoms with Crippen LogP contribution < -0.4 is 5.32 Å². The van der Waals surface area contributed by atoms with E-state index in [1.54, 1.807) is 0 Å². The third-order valence-electron chi connectivity index (χ3n) is 11.1. The highest BCUT2D eigenvalue weighted by Crippen LogP contribution is 2.67. The summed E-state index contributed by atoms with van der Waals surface area (Å²) in [5.41, 5.74) is 2.83. The van der Waals surface area contributed by atoms with E-state index in [1.165, 1.54) is 76.6 Å². The minimum atomic E-state index is 0. The number of allylic oxidation sites excluding steroid dienone is 4. The van der Waals surface area contributed by atoms with Crippen molar-refractivity contribution in [3.63, 3.8) is 0 Å². The fourth-order valence-corrected chi connectivity index (χ4v) is 10.1. The molecule has 4 bridgehead atoms. The molecule has 41 heavy (non-hydrogen) atoms. The Labute approximate surface area is 255 Å². The minimum Gasteiger partial charge on any atom is -0.412 e. The maximum Gasteiger partial charge on any atom is 0.0553 e. The quantitative estimate of drug-likeness (QED) is 0.359. The molecule has 0 aromatic rings. The van der Waals surface area contributed by atoms with Gasteiger partial charge in [0.1, 0.15) is 0 Å². The molecular weight excluding hydrogens is 540 g/mol. The molecule has 5 atom stereocenters. The summed E-state index contributed by atoms with van der Waals surface area (Å²) in [5, 5.41) is 14.0. The van der Waals surface area contributed by atoms with Crippen LogP contribution in [0.3, 0.4) is 0 Å². The SMILES string of the molecule is C.CC(C)[C@H](CN1CCC(C2=CCC(Cl)C=C2)C(C)(C)C1)NCCC12CC3CC(CC(CCO)(C3)C1)C2.O.O.O.O. The number of aliphatic hydroxyl groups excluding tert-OH is 1. The summed E-state index contributed by atoms with van der Waals surface area (Å²) in [6, 6.07) is 0.559. The first-order valence-corrected chi connectivity index (χ1v) is 15.6. The van der Waals surface area contributed by atoms with Crippen LogP contribution in [0.2, 0.25) is 0 Å². The highest BCUT2D eigenvalue weighted by atomic mass is 35.5. The van der Waals surface area contributed by atoms with Crippen LogP contribution in [0.15, 0.2) is 23.8 Å². The van der Waals surface area contributed by atoms with Crippen LogP contribution in [0, 0.1) is 39.9 Å². The van der Waals surface area contributed by atoms with E-state index in [0.717, 1.165) is 31.2 Å². The molecule has 1 saturated heterocycles. The summed E-state index contributed by atoms with van der Waals surface area (Å²) in [4.78, 5) is 2.74. The molecule has 0 spiro atoms. The molecule has 244 valence electrons. The van der Waals surface area contributed by atoms with Gasteiger partial charge in [-0.3, -0.25) is 0 Å². The molecule has 0 radical (unpaired) electrons. The first-order chi connectivity index (χ1) is 17.1. The predicted molar refractivity (Wildman–Crippen MR) is 173 cm³/mol. The van der Waals surface area contributed by atoms with E-state index < -0.39 is 0 Å². The van der Waals surface area contributed by atoms with Gasteiger partial charge in [0.2, 0.25) is 0 Å². The Bertz CT molecular complexity index is 833. The van der Waals surface area contributed by atoms with Crippen molar-refractivity contribution in [3.05, 3.63) is 23.8 Å². The predicted octanol–water partition coefficient (Wildman–Crippen LogP) is 4.14. The molecule has 5 fully saturated rings. The number of hydrogen-bond acceptors (Lipinski definition) is 3. The third kappa shape index (κ3) is 9.01. The molecule has 4 saturated carbocycles. The van der Waals surface area contributed by atoms with Crippen LogP contribution in [-0.4, -0.2) is 76.1 Å². The van der Waals surface area contributed by atoms with Crippen LogP contribution >= 0.6 is 11.6 Å². The molecule has 1 heterocycles. The maximum atomic E-state index is 9.78. The summed E-state index contributed by atoms with van der Waals surface area (Å²) in [6.07, 6.45) is 20.1. The van der Waals surface area contributed by atoms with E-state index in [-0.39, 0.29) is 40.1 Å². The van der Waals surface area contributed by atoms with Gasteiger partial charge in [-0.25, -0.2) is 0 Å². The van der Waals surface area contributed by atoms with E-state index in [1.807, 2.05) is 0 Å². The Morgan fingerprint density at radius 1 is 1.02 bits per heavy atom. The summed E-state index contributed by atoms with van der Waals surface area (Å²) >= 11 is 6.29. The second kappa shape index (κ2) is 16.0. The van der Waals surface area contributed by atoms with E-state index in [0.29, 0.717) is 35.3 Å². The number of piperidine rings is 1. The van der Waals surface area contributed by atoms with Crippen molar-refractivity contribution < 1.29 is 27.0 Å². The van der Waals surface area contributed by atoms with Gasteiger partial charge in [0.25, 0.3) is 0 Å². The average molecular weight is 605 g/mol. The minimum absolute atomic E-state index is 0. The largest absolute Gasteiger partial charge is 0.412 e. The fourth-order valence-electron chi connectivity index (χ4n) is 9.89. The van der Waals surface area contributed by atoms with Gasteiger partial charge in [-0.1, -0.05) is 53.3 Å². The van der Waals surface area contributed by atoms with Gasteiger partial charge >= 0.3 is 0 Å². The lowest BCUT2D eigenvalue weighted by Gasteiger charge is -2.62. The van der Waals surface area contributed by atoms with Crippen molar-refractivity contribution >= 4 is 11.6 Å². The maximum absolute atomic E-state index is 9.78. The van der Waals surface area contributed by atoms with Crippen LogP contribution in [0.25, 0.3) is 0 Å². The molecule has 1 aliphatic heterocycles. The number of halogens is 1. The lowest BCUT2D eigenvalue weighted by molar-refractivity contribution is -0.121. The molecule has 0 aromatic heterocycles. The van der Waals surface area contributed by atoms with Crippen molar-refractivity contribution in [2.24, 2.45) is 39.9 Å². The molecular formula is C33H65ClN2O5. The molecule has 0 amide bonds. The standard InChI is InChI=1S/C32H53ClN2O.CH4.4H2O/c1-23(2)29(20-35-13-9-28(30(3,4)22-35)26-5-7-27(33)8-6-26)34-12-10-31-16-24-15-25(17-31)19-32(18-24,21-31)11-14-36;;;;;/h5-7,23-25,27-29,34,36H,8-22H2,1-4H3;1H4;4*1H2/t24?,25?,27?,28?,29-,31?,32?;;;;;/m0...../s1. The summed E-state index contributed by atoms with van der Waals surface area (Å²) in [7, 11) is 0. The molecule has 4 unspecified atom stereocenters. The lowest BCUT2D eigenvalue weighted by Crippen LogP contribution is -2.54. The van der Waals surface area contributed by atoms with Crippen molar-refractivity contribution in [3.8, 4) is 0 Å². The zero-order chi connectivity index (χ0) is 25.6. The molecule has 5 aliphatic carbocycles. The second-order valence-electron chi connectivity index (χ2n) is 14.9. The van der Waals surface area contributed by atoms with Crippen LogP contribution in [0.4, 0.5) is 0 Å². The Morgan fingerprint density at radius 3 is 2.15 bits per heavy atom. The highest BCUT2D eigenvalue weighted by Gasteiger charge is 2.56. The molecule has 6 aliphatic rings. The monoisotopic (exact) mass is 604 g/mol. The van der Waals surface area contributed by atoms with E-state index in [9.17, 15) is 5.11 Å². The Balaban J connectivity index is 0.00000320. The van der Waals surface area contributed by atoms with Crippen molar-refractivity contribution in [1.82, 2.24) is 10.2 Å². The van der Waals surface area contributed by atoms with E-state index >= 15 is 0 Å². The molecule has 0 aromatic carbocycles. The van der Waals surface area contributed by atoms with Crippen LogP contribution in [0.5, 0.6) is 0 Å². The topological polar surface area (TPSA) is 162 Å². The molecule has 10 N–H and O–H groups in total. The van der Waals surface area contributed by atoms with Gasteiger partial charge in [-0.15, -0.1) is 11.6 Å². The zero-order valence-electron chi connectivity index (χ0n) is 25.6. The summed E-state index contributed by atoms with van der Waals surface area (Å²) in [5.74, 6) is 3.16. The number of alkyl halides is 1. The van der Waals surface area contributed by atoms with E-state index in [2.05, 4.69) is 56.1 Å². The van der Waals surface area contributed by atoms with Crippen molar-refractivity contribution in [1.29, 1.82) is 0 Å².